The minimum atomic E-state index is -0.0978. The SMILES string of the molecule is CN=C(NCCCNc1ccccc1)NCCCN1C(=O)C2C3C=CC(C3)C2C1=O.I. The van der Waals surface area contributed by atoms with Crippen LogP contribution in [0, 0.1) is 23.7 Å². The predicted octanol–water partition coefficient (Wildman–Crippen LogP) is 2.47. The van der Waals surface area contributed by atoms with Crippen molar-refractivity contribution >= 4 is 47.4 Å². The molecule has 4 rings (SSSR count). The van der Waals surface area contributed by atoms with Crippen molar-refractivity contribution in [3.05, 3.63) is 42.5 Å². The van der Waals surface area contributed by atoms with Gasteiger partial charge in [0.15, 0.2) is 5.96 Å². The predicted molar refractivity (Wildman–Crippen MR) is 133 cm³/mol. The van der Waals surface area contributed by atoms with Crippen LogP contribution in [0.3, 0.4) is 0 Å². The number of allylic oxidation sites excluding steroid dienone is 2. The molecule has 1 aliphatic heterocycles. The van der Waals surface area contributed by atoms with Crippen LogP contribution in [0.5, 0.6) is 0 Å². The zero-order valence-electron chi connectivity index (χ0n) is 17.9. The van der Waals surface area contributed by atoms with Crippen molar-refractivity contribution in [1.29, 1.82) is 0 Å². The molecule has 0 radical (unpaired) electrons. The summed E-state index contributed by atoms with van der Waals surface area (Å²) in [6.45, 7) is 2.84. The van der Waals surface area contributed by atoms with Gasteiger partial charge in [-0.05, 0) is 43.2 Å². The number of aliphatic imine (C=N–C) groups is 1. The second-order valence-electron chi connectivity index (χ2n) is 8.25. The number of anilines is 1. The van der Waals surface area contributed by atoms with Crippen LogP contribution >= 0.6 is 24.0 Å². The van der Waals surface area contributed by atoms with Gasteiger partial charge in [-0.3, -0.25) is 19.5 Å². The van der Waals surface area contributed by atoms with E-state index in [1.54, 1.807) is 7.05 Å². The molecule has 2 bridgehead atoms. The van der Waals surface area contributed by atoms with Gasteiger partial charge in [0, 0.05) is 38.9 Å². The van der Waals surface area contributed by atoms with Crippen molar-refractivity contribution < 1.29 is 9.59 Å². The molecule has 4 atom stereocenters. The fraction of sp³-hybridized carbons (Fsp3) is 0.522. The van der Waals surface area contributed by atoms with E-state index in [0.29, 0.717) is 13.1 Å². The Balaban J connectivity index is 0.00000272. The number of likely N-dealkylation sites (tertiary alicyclic amines) is 1. The molecule has 3 aliphatic rings. The van der Waals surface area contributed by atoms with Crippen molar-refractivity contribution in [3.63, 3.8) is 0 Å². The quantitative estimate of drug-likeness (QED) is 0.113. The molecule has 1 saturated heterocycles. The number of carbonyl (C=O) groups excluding carboxylic acids is 2. The molecule has 3 N–H and O–H groups in total. The van der Waals surface area contributed by atoms with E-state index in [0.717, 1.165) is 44.0 Å². The average Bonchev–Trinajstić information content (AvgIpc) is 3.45. The molecule has 0 aromatic heterocycles. The molecule has 2 fully saturated rings. The lowest BCUT2D eigenvalue weighted by molar-refractivity contribution is -0.140. The highest BCUT2D eigenvalue weighted by Crippen LogP contribution is 2.52. The molecule has 1 saturated carbocycles. The Morgan fingerprint density at radius 2 is 1.58 bits per heavy atom. The van der Waals surface area contributed by atoms with Gasteiger partial charge in [-0.25, -0.2) is 0 Å². The Hall–Kier alpha value is -2.10. The van der Waals surface area contributed by atoms with Crippen molar-refractivity contribution in [1.82, 2.24) is 15.5 Å². The monoisotopic (exact) mass is 537 g/mol. The number of imide groups is 1. The summed E-state index contributed by atoms with van der Waals surface area (Å²) in [6, 6.07) is 10.1. The van der Waals surface area contributed by atoms with Gasteiger partial charge in [0.25, 0.3) is 0 Å². The minimum absolute atomic E-state index is 0. The van der Waals surface area contributed by atoms with E-state index >= 15 is 0 Å². The summed E-state index contributed by atoms with van der Waals surface area (Å²) < 4.78 is 0. The van der Waals surface area contributed by atoms with Gasteiger partial charge in [0.2, 0.25) is 11.8 Å². The summed E-state index contributed by atoms with van der Waals surface area (Å²) in [6.07, 6.45) is 6.92. The summed E-state index contributed by atoms with van der Waals surface area (Å²) in [5.74, 6) is 1.18. The molecule has 2 amide bonds. The molecule has 4 unspecified atom stereocenters. The number of fused-ring (bicyclic) bond motifs is 5. The number of benzene rings is 1. The molecule has 1 aromatic rings. The molecule has 7 nitrogen and oxygen atoms in total. The molecule has 8 heteroatoms. The lowest BCUT2D eigenvalue weighted by atomic mass is 9.85. The third kappa shape index (κ3) is 5.22. The summed E-state index contributed by atoms with van der Waals surface area (Å²) in [4.78, 5) is 31.1. The number of guanidine groups is 1. The summed E-state index contributed by atoms with van der Waals surface area (Å²) >= 11 is 0. The van der Waals surface area contributed by atoms with E-state index < -0.39 is 0 Å². The van der Waals surface area contributed by atoms with E-state index in [4.69, 9.17) is 0 Å². The summed E-state index contributed by atoms with van der Waals surface area (Å²) in [5, 5.41) is 9.95. The summed E-state index contributed by atoms with van der Waals surface area (Å²) in [7, 11) is 1.75. The van der Waals surface area contributed by atoms with E-state index in [1.807, 2.05) is 18.2 Å². The molecule has 0 spiro atoms. The van der Waals surface area contributed by atoms with Gasteiger partial charge >= 0.3 is 0 Å². The number of para-hydroxylation sites is 1. The van der Waals surface area contributed by atoms with Gasteiger partial charge in [0.05, 0.1) is 11.8 Å². The first kappa shape index (κ1) is 23.6. The first-order chi connectivity index (χ1) is 14.7. The van der Waals surface area contributed by atoms with E-state index in [2.05, 4.69) is 45.2 Å². The van der Waals surface area contributed by atoms with Gasteiger partial charge < -0.3 is 16.0 Å². The largest absolute Gasteiger partial charge is 0.385 e. The fourth-order valence-corrected chi connectivity index (χ4v) is 4.93. The maximum Gasteiger partial charge on any atom is 0.233 e. The Morgan fingerprint density at radius 1 is 0.968 bits per heavy atom. The number of rotatable bonds is 9. The third-order valence-electron chi connectivity index (χ3n) is 6.39. The number of halogens is 1. The second kappa shape index (κ2) is 11.0. The highest BCUT2D eigenvalue weighted by molar-refractivity contribution is 14.0. The zero-order chi connectivity index (χ0) is 20.9. The Kier molecular flexibility index (Phi) is 8.34. The van der Waals surface area contributed by atoms with E-state index in [9.17, 15) is 9.59 Å². The van der Waals surface area contributed by atoms with Crippen LogP contribution < -0.4 is 16.0 Å². The maximum atomic E-state index is 12.7. The number of nitrogens with zero attached hydrogens (tertiary/aromatic N) is 2. The highest BCUT2D eigenvalue weighted by Gasteiger charge is 2.58. The van der Waals surface area contributed by atoms with Crippen LogP contribution in [-0.2, 0) is 9.59 Å². The molecule has 1 heterocycles. The smallest absolute Gasteiger partial charge is 0.233 e. The average molecular weight is 537 g/mol. The standard InChI is InChI=1S/C23H31N5O2.HI/c1-24-23(26-12-5-11-25-18-7-3-2-4-8-18)27-13-6-14-28-21(29)19-16-9-10-17(15-16)20(19)22(28)30;/h2-4,7-10,16-17,19-20,25H,5-6,11-15H2,1H3,(H2,24,26,27);1H. The fourth-order valence-electron chi connectivity index (χ4n) is 4.93. The van der Waals surface area contributed by atoms with Crippen molar-refractivity contribution in [2.24, 2.45) is 28.7 Å². The van der Waals surface area contributed by atoms with Crippen molar-refractivity contribution in [2.45, 2.75) is 19.3 Å². The van der Waals surface area contributed by atoms with Crippen molar-refractivity contribution in [3.8, 4) is 0 Å². The van der Waals surface area contributed by atoms with Gasteiger partial charge in [-0.2, -0.15) is 0 Å². The second-order valence-corrected chi connectivity index (χ2v) is 8.25. The van der Waals surface area contributed by atoms with Crippen LogP contribution in [0.2, 0.25) is 0 Å². The first-order valence-electron chi connectivity index (χ1n) is 11.0. The third-order valence-corrected chi connectivity index (χ3v) is 6.39. The molecule has 168 valence electrons. The number of carbonyl (C=O) groups is 2. The topological polar surface area (TPSA) is 85.8 Å². The minimum Gasteiger partial charge on any atom is -0.385 e. The van der Waals surface area contributed by atoms with Crippen LogP contribution in [0.4, 0.5) is 5.69 Å². The molecular formula is C23H32IN5O2. The lowest BCUT2D eigenvalue weighted by Gasteiger charge is -2.18. The number of amides is 2. The van der Waals surface area contributed by atoms with Crippen molar-refractivity contribution in [2.75, 3.05) is 38.5 Å². The number of hydrogen-bond donors (Lipinski definition) is 3. The Labute approximate surface area is 201 Å². The lowest BCUT2D eigenvalue weighted by Crippen LogP contribution is -2.40. The van der Waals surface area contributed by atoms with Crippen LogP contribution in [-0.4, -0.2) is 55.9 Å². The van der Waals surface area contributed by atoms with Crippen LogP contribution in [0.15, 0.2) is 47.5 Å². The normalized spacial score (nSPS) is 26.1. The molecule has 2 aliphatic carbocycles. The van der Waals surface area contributed by atoms with Gasteiger partial charge in [-0.15, -0.1) is 24.0 Å². The molecule has 31 heavy (non-hydrogen) atoms. The highest BCUT2D eigenvalue weighted by atomic mass is 127. The van der Waals surface area contributed by atoms with Crippen LogP contribution in [0.1, 0.15) is 19.3 Å². The number of nitrogens with one attached hydrogen (secondary N) is 3. The van der Waals surface area contributed by atoms with Gasteiger partial charge in [-0.1, -0.05) is 30.4 Å². The first-order valence-corrected chi connectivity index (χ1v) is 11.0. The Morgan fingerprint density at radius 3 is 2.19 bits per heavy atom. The Bertz CT molecular complexity index is 799. The maximum absolute atomic E-state index is 12.7. The zero-order valence-corrected chi connectivity index (χ0v) is 20.3. The van der Waals surface area contributed by atoms with E-state index in [-0.39, 0.29) is 59.5 Å². The van der Waals surface area contributed by atoms with Gasteiger partial charge in [0.1, 0.15) is 0 Å². The van der Waals surface area contributed by atoms with E-state index in [1.165, 1.54) is 4.90 Å². The molecular weight excluding hydrogens is 505 g/mol. The number of hydrogen-bond acceptors (Lipinski definition) is 4. The summed E-state index contributed by atoms with van der Waals surface area (Å²) in [5.41, 5.74) is 1.12. The molecule has 1 aromatic carbocycles. The van der Waals surface area contributed by atoms with Crippen LogP contribution in [0.25, 0.3) is 0 Å².